The lowest BCUT2D eigenvalue weighted by Gasteiger charge is -2.13. The van der Waals surface area contributed by atoms with Gasteiger partial charge in [0.15, 0.2) is 11.5 Å². The minimum absolute atomic E-state index is 0.109. The van der Waals surface area contributed by atoms with Crippen molar-refractivity contribution in [2.75, 3.05) is 12.1 Å². The number of nitrogens with one attached hydrogen (secondary N) is 2. The summed E-state index contributed by atoms with van der Waals surface area (Å²) in [7, 11) is 0. The van der Waals surface area contributed by atoms with Gasteiger partial charge in [0.25, 0.3) is 5.91 Å². The van der Waals surface area contributed by atoms with E-state index < -0.39 is 12.1 Å². The van der Waals surface area contributed by atoms with Crippen molar-refractivity contribution in [1.82, 2.24) is 10.2 Å². The fourth-order valence-corrected chi connectivity index (χ4v) is 3.97. The number of imide groups is 1. The van der Waals surface area contributed by atoms with Gasteiger partial charge in [0, 0.05) is 17.5 Å². The van der Waals surface area contributed by atoms with Crippen molar-refractivity contribution in [3.63, 3.8) is 0 Å². The van der Waals surface area contributed by atoms with Crippen LogP contribution in [0.2, 0.25) is 0 Å². The topological polar surface area (TPSA) is 97.0 Å². The highest BCUT2D eigenvalue weighted by Gasteiger charge is 2.38. The van der Waals surface area contributed by atoms with Gasteiger partial charge in [0.05, 0.1) is 6.54 Å². The van der Waals surface area contributed by atoms with E-state index in [9.17, 15) is 14.4 Å². The second kappa shape index (κ2) is 8.22. The molecule has 3 aromatic carbocycles. The standard InChI is InChI=1S/C24H21N3O5/c28-22(25-18-7-3-5-16-4-1-2-6-17(16)18)11-9-19-23(29)27(24(30)26-19)13-15-8-10-20-21(12-15)32-14-31-20/h1-8,10,12,19H,9,11,13-14H2,(H,25,28)(H,26,30). The maximum atomic E-state index is 12.8. The minimum atomic E-state index is -0.727. The molecule has 0 radical (unpaired) electrons. The maximum Gasteiger partial charge on any atom is 0.325 e. The molecule has 162 valence electrons. The van der Waals surface area contributed by atoms with Crippen molar-refractivity contribution in [3.05, 3.63) is 66.2 Å². The first-order chi connectivity index (χ1) is 15.6. The molecule has 5 rings (SSSR count). The van der Waals surface area contributed by atoms with Crippen LogP contribution in [0, 0.1) is 0 Å². The molecule has 1 saturated heterocycles. The van der Waals surface area contributed by atoms with Gasteiger partial charge in [-0.2, -0.15) is 0 Å². The van der Waals surface area contributed by atoms with Crippen molar-refractivity contribution in [3.8, 4) is 11.5 Å². The predicted molar refractivity (Wildman–Crippen MR) is 117 cm³/mol. The summed E-state index contributed by atoms with van der Waals surface area (Å²) < 4.78 is 10.6. The Morgan fingerprint density at radius 3 is 2.75 bits per heavy atom. The summed E-state index contributed by atoms with van der Waals surface area (Å²) in [4.78, 5) is 38.8. The summed E-state index contributed by atoms with van der Waals surface area (Å²) in [6.45, 7) is 0.283. The van der Waals surface area contributed by atoms with Gasteiger partial charge in [-0.3, -0.25) is 14.5 Å². The van der Waals surface area contributed by atoms with Crippen LogP contribution < -0.4 is 20.1 Å². The van der Waals surface area contributed by atoms with Crippen LogP contribution in [0.1, 0.15) is 18.4 Å². The zero-order valence-corrected chi connectivity index (χ0v) is 17.2. The van der Waals surface area contributed by atoms with Gasteiger partial charge in [0.1, 0.15) is 6.04 Å². The molecule has 2 N–H and O–H groups in total. The lowest BCUT2D eigenvalue weighted by Crippen LogP contribution is -2.31. The molecule has 1 unspecified atom stereocenters. The molecular formula is C24H21N3O5. The van der Waals surface area contributed by atoms with Crippen molar-refractivity contribution in [2.45, 2.75) is 25.4 Å². The number of anilines is 1. The van der Waals surface area contributed by atoms with E-state index >= 15 is 0 Å². The van der Waals surface area contributed by atoms with E-state index in [0.29, 0.717) is 11.5 Å². The zero-order valence-electron chi connectivity index (χ0n) is 17.2. The summed E-state index contributed by atoms with van der Waals surface area (Å²) in [6, 6.07) is 17.6. The summed E-state index contributed by atoms with van der Waals surface area (Å²) in [6.07, 6.45) is 0.330. The quantitative estimate of drug-likeness (QED) is 0.583. The van der Waals surface area contributed by atoms with E-state index in [0.717, 1.165) is 26.9 Å². The number of amides is 4. The summed E-state index contributed by atoms with van der Waals surface area (Å²) in [5, 5.41) is 7.56. The van der Waals surface area contributed by atoms with E-state index in [4.69, 9.17) is 9.47 Å². The molecule has 4 amide bonds. The normalized spacial score (nSPS) is 17.0. The largest absolute Gasteiger partial charge is 0.454 e. The van der Waals surface area contributed by atoms with Crippen LogP contribution in [-0.4, -0.2) is 35.6 Å². The Kier molecular flexibility index (Phi) is 5.10. The Morgan fingerprint density at radius 1 is 1.03 bits per heavy atom. The fourth-order valence-electron chi connectivity index (χ4n) is 3.97. The first-order valence-corrected chi connectivity index (χ1v) is 10.4. The predicted octanol–water partition coefficient (Wildman–Crippen LogP) is 3.41. The molecule has 8 nitrogen and oxygen atoms in total. The van der Waals surface area contributed by atoms with Gasteiger partial charge >= 0.3 is 6.03 Å². The highest BCUT2D eigenvalue weighted by molar-refractivity contribution is 6.05. The zero-order chi connectivity index (χ0) is 22.1. The Labute approximate surface area is 184 Å². The number of ether oxygens (including phenoxy) is 2. The molecule has 2 heterocycles. The third-order valence-electron chi connectivity index (χ3n) is 5.61. The average molecular weight is 431 g/mol. The minimum Gasteiger partial charge on any atom is -0.454 e. The molecule has 2 aliphatic rings. The number of carbonyl (C=O) groups excluding carboxylic acids is 3. The van der Waals surface area contributed by atoms with Crippen LogP contribution in [0.25, 0.3) is 10.8 Å². The molecule has 0 aliphatic carbocycles. The van der Waals surface area contributed by atoms with Gasteiger partial charge in [-0.05, 0) is 35.6 Å². The number of hydrogen-bond donors (Lipinski definition) is 2. The lowest BCUT2D eigenvalue weighted by atomic mass is 10.1. The molecule has 1 fully saturated rings. The summed E-state index contributed by atoms with van der Waals surface area (Å²) >= 11 is 0. The molecule has 32 heavy (non-hydrogen) atoms. The summed E-state index contributed by atoms with van der Waals surface area (Å²) in [5.74, 6) is 0.681. The number of rotatable bonds is 6. The van der Waals surface area contributed by atoms with Gasteiger partial charge < -0.3 is 20.1 Å². The van der Waals surface area contributed by atoms with Crippen molar-refractivity contribution in [1.29, 1.82) is 0 Å². The number of fused-ring (bicyclic) bond motifs is 2. The van der Waals surface area contributed by atoms with Crippen LogP contribution in [-0.2, 0) is 16.1 Å². The molecule has 1 atom stereocenters. The molecule has 8 heteroatoms. The highest BCUT2D eigenvalue weighted by atomic mass is 16.7. The van der Waals surface area contributed by atoms with Crippen LogP contribution in [0.3, 0.4) is 0 Å². The summed E-state index contributed by atoms with van der Waals surface area (Å²) in [5.41, 5.74) is 1.48. The second-order valence-corrected chi connectivity index (χ2v) is 7.73. The first kappa shape index (κ1) is 19.9. The van der Waals surface area contributed by atoms with E-state index in [2.05, 4.69) is 10.6 Å². The van der Waals surface area contributed by atoms with E-state index in [1.165, 1.54) is 0 Å². The lowest BCUT2D eigenvalue weighted by molar-refractivity contribution is -0.128. The smallest absolute Gasteiger partial charge is 0.325 e. The Hall–Kier alpha value is -4.07. The third kappa shape index (κ3) is 3.82. The first-order valence-electron chi connectivity index (χ1n) is 10.4. The van der Waals surface area contributed by atoms with Crippen LogP contribution in [0.5, 0.6) is 11.5 Å². The van der Waals surface area contributed by atoms with Crippen LogP contribution in [0.15, 0.2) is 60.7 Å². The highest BCUT2D eigenvalue weighted by Crippen LogP contribution is 2.33. The Balaban J connectivity index is 1.19. The molecule has 3 aromatic rings. The Bertz CT molecular complexity index is 1220. The maximum absolute atomic E-state index is 12.8. The van der Waals surface area contributed by atoms with Crippen LogP contribution in [0.4, 0.5) is 10.5 Å². The van der Waals surface area contributed by atoms with E-state index in [-0.39, 0.29) is 38.0 Å². The molecule has 0 saturated carbocycles. The average Bonchev–Trinajstić information content (AvgIpc) is 3.37. The van der Waals surface area contributed by atoms with Gasteiger partial charge in [0.2, 0.25) is 12.7 Å². The number of hydrogen-bond acceptors (Lipinski definition) is 5. The monoisotopic (exact) mass is 431 g/mol. The van der Waals surface area contributed by atoms with Crippen molar-refractivity contribution in [2.24, 2.45) is 0 Å². The molecule has 0 aromatic heterocycles. The number of carbonyl (C=O) groups is 3. The van der Waals surface area contributed by atoms with Gasteiger partial charge in [-0.15, -0.1) is 0 Å². The van der Waals surface area contributed by atoms with Crippen LogP contribution >= 0.6 is 0 Å². The van der Waals surface area contributed by atoms with Gasteiger partial charge in [-0.1, -0.05) is 42.5 Å². The fraction of sp³-hybridized carbons (Fsp3) is 0.208. The SMILES string of the molecule is O=C(CCC1NC(=O)N(Cc2ccc3c(c2)OCO3)C1=O)Nc1cccc2ccccc12. The molecule has 2 aliphatic heterocycles. The number of nitrogens with zero attached hydrogens (tertiary/aromatic N) is 1. The number of urea groups is 1. The molecule has 0 spiro atoms. The van der Waals surface area contributed by atoms with Gasteiger partial charge in [-0.25, -0.2) is 4.79 Å². The van der Waals surface area contributed by atoms with Crippen molar-refractivity contribution < 1.29 is 23.9 Å². The number of benzene rings is 3. The third-order valence-corrected chi connectivity index (χ3v) is 5.61. The molecular weight excluding hydrogens is 410 g/mol. The second-order valence-electron chi connectivity index (χ2n) is 7.73. The Morgan fingerprint density at radius 2 is 1.84 bits per heavy atom. The van der Waals surface area contributed by atoms with E-state index in [1.807, 2.05) is 42.5 Å². The van der Waals surface area contributed by atoms with Crippen molar-refractivity contribution >= 4 is 34.3 Å². The molecule has 0 bridgehead atoms. The van der Waals surface area contributed by atoms with E-state index in [1.54, 1.807) is 18.2 Å².